The fourth-order valence-electron chi connectivity index (χ4n) is 1.60. The van der Waals surface area contributed by atoms with E-state index in [-0.39, 0.29) is 21.4 Å². The summed E-state index contributed by atoms with van der Waals surface area (Å²) in [7, 11) is 0. The first-order valence-corrected chi connectivity index (χ1v) is 7.76. The lowest BCUT2D eigenvalue weighted by Gasteiger charge is -2.23. The van der Waals surface area contributed by atoms with Crippen LogP contribution in [0.2, 0.25) is 10.0 Å². The molecule has 26 heavy (non-hydrogen) atoms. The molecular weight excluding hydrogens is 431 g/mol. The van der Waals surface area contributed by atoms with Gasteiger partial charge in [-0.25, -0.2) is 5.01 Å². The number of hydrazone groups is 1. The summed E-state index contributed by atoms with van der Waals surface area (Å²) < 4.78 is 78.3. The Kier molecular flexibility index (Phi) is 7.37. The van der Waals surface area contributed by atoms with Crippen LogP contribution in [0.3, 0.4) is 0 Å². The molecule has 0 aliphatic carbocycles. The molecule has 0 aliphatic rings. The van der Waals surface area contributed by atoms with Crippen molar-refractivity contribution in [1.29, 1.82) is 0 Å². The summed E-state index contributed by atoms with van der Waals surface area (Å²) in [6.07, 6.45) is -9.57. The molecule has 0 spiro atoms. The van der Waals surface area contributed by atoms with E-state index >= 15 is 0 Å². The van der Waals surface area contributed by atoms with Crippen LogP contribution in [0.25, 0.3) is 0 Å². The smallest absolute Gasteiger partial charge is 0.406 e. The van der Waals surface area contributed by atoms with Crippen LogP contribution in [0.4, 0.5) is 32.0 Å². The summed E-state index contributed by atoms with van der Waals surface area (Å²) in [6.45, 7) is 1.42. The largest absolute Gasteiger partial charge is 0.573 e. The maximum absolute atomic E-state index is 12.7. The summed E-state index contributed by atoms with van der Waals surface area (Å²) in [5.74, 6) is -0.696. The Hall–Kier alpha value is -1.46. The molecule has 1 aromatic rings. The van der Waals surface area contributed by atoms with Gasteiger partial charge in [-0.05, 0) is 26.1 Å². The van der Waals surface area contributed by atoms with E-state index in [4.69, 9.17) is 35.4 Å². The molecule has 13 heteroatoms. The van der Waals surface area contributed by atoms with Crippen molar-refractivity contribution in [2.75, 3.05) is 11.9 Å². The van der Waals surface area contributed by atoms with Crippen molar-refractivity contribution in [3.8, 4) is 5.75 Å². The molecule has 4 nitrogen and oxygen atoms in total. The highest BCUT2D eigenvalue weighted by molar-refractivity contribution is 7.80. The Morgan fingerprint density at radius 1 is 1.15 bits per heavy atom. The van der Waals surface area contributed by atoms with E-state index in [9.17, 15) is 26.3 Å². The lowest BCUT2D eigenvalue weighted by atomic mass is 10.3. The summed E-state index contributed by atoms with van der Waals surface area (Å²) in [5.41, 5.74) is 0.0912. The Balaban J connectivity index is 3.08. The van der Waals surface area contributed by atoms with E-state index in [0.29, 0.717) is 5.01 Å². The van der Waals surface area contributed by atoms with Gasteiger partial charge in [0.2, 0.25) is 0 Å². The highest BCUT2D eigenvalue weighted by Gasteiger charge is 2.33. The molecule has 146 valence electrons. The van der Waals surface area contributed by atoms with Gasteiger partial charge in [0.05, 0.1) is 15.7 Å². The number of benzene rings is 1. The highest BCUT2D eigenvalue weighted by atomic mass is 35.5. The number of nitrogens with one attached hydrogen (secondary N) is 1. The second-order valence-corrected chi connectivity index (χ2v) is 6.16. The van der Waals surface area contributed by atoms with Crippen molar-refractivity contribution in [3.05, 3.63) is 22.2 Å². The normalized spacial score (nSPS) is 11.8. The van der Waals surface area contributed by atoms with Crippen LogP contribution in [0.15, 0.2) is 17.2 Å². The minimum Gasteiger partial charge on any atom is -0.406 e. The third-order valence-corrected chi connectivity index (χ3v) is 3.27. The van der Waals surface area contributed by atoms with Crippen LogP contribution in [0.5, 0.6) is 5.75 Å². The molecule has 0 aromatic heterocycles. The minimum atomic E-state index is -4.96. The summed E-state index contributed by atoms with van der Waals surface area (Å²) in [5, 5.41) is 5.26. The zero-order chi connectivity index (χ0) is 20.3. The number of alkyl halides is 6. The highest BCUT2D eigenvalue weighted by Crippen LogP contribution is 2.37. The van der Waals surface area contributed by atoms with Crippen LogP contribution in [0, 0.1) is 0 Å². The summed E-state index contributed by atoms with van der Waals surface area (Å²) >= 11 is 16.5. The van der Waals surface area contributed by atoms with Crippen molar-refractivity contribution in [2.45, 2.75) is 26.4 Å². The number of ether oxygens (including phenoxy) is 1. The number of halogens is 8. The van der Waals surface area contributed by atoms with Crippen LogP contribution >= 0.6 is 35.4 Å². The Morgan fingerprint density at radius 3 is 2.04 bits per heavy atom. The number of anilines is 1. The number of hydrogen-bond donors (Lipinski definition) is 1. The quantitative estimate of drug-likeness (QED) is 0.275. The van der Waals surface area contributed by atoms with Gasteiger partial charge in [0.15, 0.2) is 5.11 Å². The zero-order valence-electron chi connectivity index (χ0n) is 13.1. The van der Waals surface area contributed by atoms with Gasteiger partial charge in [0.1, 0.15) is 12.3 Å². The topological polar surface area (TPSA) is 36.9 Å². The van der Waals surface area contributed by atoms with Crippen molar-refractivity contribution in [3.63, 3.8) is 0 Å². The van der Waals surface area contributed by atoms with E-state index in [0.717, 1.165) is 12.1 Å². The van der Waals surface area contributed by atoms with Gasteiger partial charge < -0.3 is 10.1 Å². The first-order chi connectivity index (χ1) is 11.7. The van der Waals surface area contributed by atoms with E-state index in [1.165, 1.54) is 13.8 Å². The molecule has 0 saturated heterocycles. The van der Waals surface area contributed by atoms with Gasteiger partial charge in [-0.15, -0.1) is 13.2 Å². The lowest BCUT2D eigenvalue weighted by molar-refractivity contribution is -0.274. The van der Waals surface area contributed by atoms with Crippen molar-refractivity contribution in [1.82, 2.24) is 5.01 Å². The maximum Gasteiger partial charge on any atom is 0.573 e. The molecule has 0 bridgehead atoms. The van der Waals surface area contributed by atoms with E-state index in [2.05, 4.69) is 15.2 Å². The van der Waals surface area contributed by atoms with Gasteiger partial charge in [0, 0.05) is 17.8 Å². The number of rotatable bonds is 4. The van der Waals surface area contributed by atoms with E-state index < -0.39 is 29.9 Å². The molecule has 0 radical (unpaired) electrons. The minimum absolute atomic E-state index is 0.191. The van der Waals surface area contributed by atoms with Crippen LogP contribution < -0.4 is 10.1 Å². The van der Waals surface area contributed by atoms with Gasteiger partial charge in [-0.1, -0.05) is 23.2 Å². The Bertz CT molecular complexity index is 681. The first-order valence-electron chi connectivity index (χ1n) is 6.60. The SMILES string of the molecule is CC(C)=NN(CC(F)(F)F)C(=S)Nc1c(Cl)cc(OC(F)(F)F)cc1Cl. The molecule has 0 saturated carbocycles. The Morgan fingerprint density at radius 2 is 1.65 bits per heavy atom. The molecule has 0 unspecified atom stereocenters. The zero-order valence-corrected chi connectivity index (χ0v) is 15.4. The molecular formula is C13H11Cl2F6N3OS. The molecule has 1 aromatic carbocycles. The molecule has 0 fully saturated rings. The van der Waals surface area contributed by atoms with Crippen molar-refractivity contribution >= 4 is 51.9 Å². The third-order valence-electron chi connectivity index (χ3n) is 2.37. The molecule has 0 aliphatic heterocycles. The van der Waals surface area contributed by atoms with Crippen LogP contribution in [0.1, 0.15) is 13.8 Å². The monoisotopic (exact) mass is 441 g/mol. The lowest BCUT2D eigenvalue weighted by Crippen LogP contribution is -2.38. The summed E-state index contributed by atoms with van der Waals surface area (Å²) in [6, 6.07) is 1.57. The number of thiocarbonyl (C=S) groups is 1. The molecule has 0 heterocycles. The van der Waals surface area contributed by atoms with Gasteiger partial charge in [0.25, 0.3) is 0 Å². The van der Waals surface area contributed by atoms with E-state index in [1.54, 1.807) is 0 Å². The van der Waals surface area contributed by atoms with Gasteiger partial charge >= 0.3 is 12.5 Å². The van der Waals surface area contributed by atoms with Gasteiger partial charge in [-0.3, -0.25) is 0 Å². The Labute approximate surface area is 159 Å². The van der Waals surface area contributed by atoms with Crippen LogP contribution in [-0.2, 0) is 0 Å². The van der Waals surface area contributed by atoms with Crippen molar-refractivity contribution < 1.29 is 31.1 Å². The fraction of sp³-hybridized carbons (Fsp3) is 0.385. The standard InChI is InChI=1S/C13H11Cl2F6N3OS/c1-6(2)23-24(5-12(16,17)18)11(26)22-10-8(14)3-7(4-9(10)15)25-13(19,20)21/h3-4H,5H2,1-2H3,(H,22,26). The second kappa shape index (κ2) is 8.49. The second-order valence-electron chi connectivity index (χ2n) is 4.96. The van der Waals surface area contributed by atoms with Crippen LogP contribution in [-0.4, -0.2) is 34.9 Å². The molecule has 0 amide bonds. The predicted molar refractivity (Wildman–Crippen MR) is 90.9 cm³/mol. The van der Waals surface area contributed by atoms with Crippen molar-refractivity contribution in [2.24, 2.45) is 5.10 Å². The predicted octanol–water partition coefficient (Wildman–Crippen LogP) is 5.85. The van der Waals surface area contributed by atoms with Gasteiger partial charge in [-0.2, -0.15) is 18.3 Å². The number of nitrogens with zero attached hydrogens (tertiary/aromatic N) is 2. The summed E-state index contributed by atoms with van der Waals surface area (Å²) in [4.78, 5) is 0. The molecule has 0 atom stereocenters. The fourth-order valence-corrected chi connectivity index (χ4v) is 2.37. The number of hydrogen-bond acceptors (Lipinski definition) is 3. The average Bonchev–Trinajstić information content (AvgIpc) is 2.37. The maximum atomic E-state index is 12.7. The average molecular weight is 442 g/mol. The van der Waals surface area contributed by atoms with E-state index in [1.807, 2.05) is 0 Å². The molecule has 1 rings (SSSR count). The first kappa shape index (κ1) is 22.6. The molecule has 1 N–H and O–H groups in total. The third kappa shape index (κ3) is 7.83.